The standard InChI is InChI=1S/C15H15ClN4O4S2/c1-2-26(23,24)19-9-5-10(20(7-9)15(21)22)3-4-11-6-12-13(25-11)14(16)18-8-17-12/h6,8-10,19H,2,5,7H2,1H3,(H,21,22)/t9-,10-/m1/s1. The topological polar surface area (TPSA) is 112 Å². The molecule has 0 bridgehead atoms. The Bertz CT molecular complexity index is 1010. The monoisotopic (exact) mass is 414 g/mol. The van der Waals surface area contributed by atoms with Gasteiger partial charge in [0, 0.05) is 12.6 Å². The van der Waals surface area contributed by atoms with Crippen LogP contribution in [-0.2, 0) is 10.0 Å². The van der Waals surface area contributed by atoms with Crippen molar-refractivity contribution in [3.8, 4) is 11.8 Å². The molecule has 1 aliphatic heterocycles. The van der Waals surface area contributed by atoms with E-state index < -0.39 is 28.2 Å². The molecule has 1 saturated heterocycles. The van der Waals surface area contributed by atoms with Crippen LogP contribution in [0.25, 0.3) is 10.2 Å². The van der Waals surface area contributed by atoms with E-state index >= 15 is 0 Å². The summed E-state index contributed by atoms with van der Waals surface area (Å²) in [5.74, 6) is 5.81. The van der Waals surface area contributed by atoms with E-state index in [1.807, 2.05) is 0 Å². The minimum absolute atomic E-state index is 0.0590. The van der Waals surface area contributed by atoms with Crippen molar-refractivity contribution in [3.05, 3.63) is 22.4 Å². The summed E-state index contributed by atoms with van der Waals surface area (Å²) in [6.45, 7) is 1.59. The first-order valence-electron chi connectivity index (χ1n) is 7.70. The average Bonchev–Trinajstić information content (AvgIpc) is 3.17. The lowest BCUT2D eigenvalue weighted by Crippen LogP contribution is -2.39. The van der Waals surface area contributed by atoms with Gasteiger partial charge in [-0.1, -0.05) is 23.4 Å². The van der Waals surface area contributed by atoms with Gasteiger partial charge in [0.25, 0.3) is 0 Å². The van der Waals surface area contributed by atoms with Crippen molar-refractivity contribution in [2.45, 2.75) is 25.4 Å². The number of sulfonamides is 1. The van der Waals surface area contributed by atoms with Gasteiger partial charge < -0.3 is 5.11 Å². The number of carboxylic acid groups (broad SMARTS) is 1. The summed E-state index contributed by atoms with van der Waals surface area (Å²) < 4.78 is 26.7. The third-order valence-corrected chi connectivity index (χ3v) is 6.80. The van der Waals surface area contributed by atoms with Gasteiger partial charge in [-0.3, -0.25) is 4.90 Å². The van der Waals surface area contributed by atoms with Crippen LogP contribution in [0.3, 0.4) is 0 Å². The van der Waals surface area contributed by atoms with Gasteiger partial charge in [0.1, 0.15) is 11.5 Å². The molecule has 3 rings (SSSR count). The summed E-state index contributed by atoms with van der Waals surface area (Å²) in [5.41, 5.74) is 0.675. The van der Waals surface area contributed by atoms with Crippen molar-refractivity contribution in [2.75, 3.05) is 12.3 Å². The fourth-order valence-corrected chi connectivity index (χ4v) is 4.60. The van der Waals surface area contributed by atoms with E-state index in [-0.39, 0.29) is 12.3 Å². The SMILES string of the molecule is CCS(=O)(=O)N[C@@H]1C[C@@H](C#Cc2cc3ncnc(Cl)c3s2)N(C(=O)O)C1. The summed E-state index contributed by atoms with van der Waals surface area (Å²) >= 11 is 7.34. The fourth-order valence-electron chi connectivity index (χ4n) is 2.65. The van der Waals surface area contributed by atoms with Crippen LogP contribution in [0.1, 0.15) is 18.2 Å². The highest BCUT2D eigenvalue weighted by atomic mass is 35.5. The van der Waals surface area contributed by atoms with E-state index in [2.05, 4.69) is 26.5 Å². The zero-order chi connectivity index (χ0) is 18.9. The number of aromatic nitrogens is 2. The average molecular weight is 415 g/mol. The number of rotatable bonds is 3. The van der Waals surface area contributed by atoms with E-state index in [1.165, 1.54) is 24.6 Å². The van der Waals surface area contributed by atoms with Gasteiger partial charge >= 0.3 is 6.09 Å². The summed E-state index contributed by atoms with van der Waals surface area (Å²) in [5, 5.41) is 9.70. The first-order chi connectivity index (χ1) is 12.3. The molecule has 11 heteroatoms. The second kappa shape index (κ2) is 7.36. The van der Waals surface area contributed by atoms with Crippen LogP contribution in [-0.4, -0.2) is 58.9 Å². The molecule has 26 heavy (non-hydrogen) atoms. The number of thiophene rings is 1. The lowest BCUT2D eigenvalue weighted by atomic mass is 10.2. The van der Waals surface area contributed by atoms with Gasteiger partial charge in [0.05, 0.1) is 26.9 Å². The Balaban J connectivity index is 1.82. The first kappa shape index (κ1) is 18.8. The Hall–Kier alpha value is -1.93. The van der Waals surface area contributed by atoms with Crippen LogP contribution in [0, 0.1) is 11.8 Å². The molecule has 0 spiro atoms. The van der Waals surface area contributed by atoms with Gasteiger partial charge in [0.15, 0.2) is 0 Å². The number of hydrogen-bond donors (Lipinski definition) is 2. The van der Waals surface area contributed by atoms with Gasteiger partial charge in [-0.25, -0.2) is 27.9 Å². The van der Waals surface area contributed by atoms with E-state index in [4.69, 9.17) is 11.6 Å². The molecular formula is C15H15ClN4O4S2. The predicted molar refractivity (Wildman–Crippen MR) is 98.8 cm³/mol. The molecule has 2 N–H and O–H groups in total. The largest absolute Gasteiger partial charge is 0.465 e. The minimum Gasteiger partial charge on any atom is -0.465 e. The Morgan fingerprint density at radius 2 is 2.31 bits per heavy atom. The van der Waals surface area contributed by atoms with Gasteiger partial charge in [-0.05, 0) is 19.4 Å². The molecule has 3 heterocycles. The number of hydrogen-bond acceptors (Lipinski definition) is 6. The van der Waals surface area contributed by atoms with E-state index in [1.54, 1.807) is 6.07 Å². The van der Waals surface area contributed by atoms with Crippen LogP contribution in [0.15, 0.2) is 12.4 Å². The number of amides is 1. The number of carbonyl (C=O) groups is 1. The quantitative estimate of drug-likeness (QED) is 0.584. The van der Waals surface area contributed by atoms with E-state index in [9.17, 15) is 18.3 Å². The number of nitrogens with zero attached hydrogens (tertiary/aromatic N) is 3. The maximum absolute atomic E-state index is 11.7. The highest BCUT2D eigenvalue weighted by molar-refractivity contribution is 7.89. The number of halogens is 1. The van der Waals surface area contributed by atoms with Crippen molar-refractivity contribution in [3.63, 3.8) is 0 Å². The van der Waals surface area contributed by atoms with Gasteiger partial charge in [-0.15, -0.1) is 11.3 Å². The maximum atomic E-state index is 11.7. The van der Waals surface area contributed by atoms with E-state index in [0.717, 1.165) is 4.90 Å². The Morgan fingerprint density at radius 1 is 1.54 bits per heavy atom. The van der Waals surface area contributed by atoms with E-state index in [0.29, 0.717) is 26.7 Å². The third-order valence-electron chi connectivity index (χ3n) is 3.90. The summed E-state index contributed by atoms with van der Waals surface area (Å²) in [6.07, 6.45) is 0.527. The molecule has 0 saturated carbocycles. The van der Waals surface area contributed by atoms with Crippen molar-refractivity contribution in [1.29, 1.82) is 0 Å². The van der Waals surface area contributed by atoms with Crippen LogP contribution < -0.4 is 4.72 Å². The van der Waals surface area contributed by atoms with Crippen molar-refractivity contribution >= 4 is 49.3 Å². The Kier molecular flexibility index (Phi) is 5.34. The summed E-state index contributed by atoms with van der Waals surface area (Å²) in [6, 6.07) is 0.680. The van der Waals surface area contributed by atoms with Crippen LogP contribution >= 0.6 is 22.9 Å². The van der Waals surface area contributed by atoms with Crippen molar-refractivity contribution in [2.24, 2.45) is 0 Å². The van der Waals surface area contributed by atoms with Gasteiger partial charge in [-0.2, -0.15) is 0 Å². The molecule has 8 nitrogen and oxygen atoms in total. The smallest absolute Gasteiger partial charge is 0.408 e. The zero-order valence-corrected chi connectivity index (χ0v) is 16.0. The first-order valence-corrected chi connectivity index (χ1v) is 10.5. The minimum atomic E-state index is -3.41. The second-order valence-corrected chi connectivity index (χ2v) is 9.12. The highest BCUT2D eigenvalue weighted by Gasteiger charge is 2.35. The number of likely N-dealkylation sites (tertiary alicyclic amines) is 1. The summed E-state index contributed by atoms with van der Waals surface area (Å²) in [7, 11) is -3.41. The van der Waals surface area contributed by atoms with Crippen LogP contribution in [0.5, 0.6) is 0 Å². The molecule has 0 unspecified atom stereocenters. The molecular weight excluding hydrogens is 400 g/mol. The Morgan fingerprint density at radius 3 is 2.96 bits per heavy atom. The van der Waals surface area contributed by atoms with Crippen LogP contribution in [0.2, 0.25) is 5.15 Å². The number of fused-ring (bicyclic) bond motifs is 1. The summed E-state index contributed by atoms with van der Waals surface area (Å²) in [4.78, 5) is 21.3. The normalized spacial score (nSPS) is 20.2. The lowest BCUT2D eigenvalue weighted by Gasteiger charge is -2.16. The zero-order valence-electron chi connectivity index (χ0n) is 13.6. The molecule has 138 valence electrons. The molecule has 2 aromatic rings. The molecule has 2 aromatic heterocycles. The molecule has 1 aliphatic rings. The maximum Gasteiger partial charge on any atom is 0.408 e. The fraction of sp³-hybridized carbons (Fsp3) is 0.400. The van der Waals surface area contributed by atoms with Crippen molar-refractivity contribution in [1.82, 2.24) is 19.6 Å². The van der Waals surface area contributed by atoms with Crippen molar-refractivity contribution < 1.29 is 18.3 Å². The second-order valence-electron chi connectivity index (χ2n) is 5.66. The molecule has 1 amide bonds. The molecule has 1 fully saturated rings. The molecule has 0 aromatic carbocycles. The highest BCUT2D eigenvalue weighted by Crippen LogP contribution is 2.28. The molecule has 2 atom stereocenters. The lowest BCUT2D eigenvalue weighted by molar-refractivity contribution is 0.148. The van der Waals surface area contributed by atoms with Crippen LogP contribution in [0.4, 0.5) is 4.79 Å². The molecule has 0 radical (unpaired) electrons. The van der Waals surface area contributed by atoms with Gasteiger partial charge in [0.2, 0.25) is 10.0 Å². The molecule has 0 aliphatic carbocycles. The number of nitrogens with one attached hydrogen (secondary N) is 1. The predicted octanol–water partition coefficient (Wildman–Crippen LogP) is 1.76. The third kappa shape index (κ3) is 4.07. The Labute approximate surface area is 159 Å².